The SMILES string of the molecule is CCCCCCC(C)OCc1ccoc1CNC1CC1. The minimum Gasteiger partial charge on any atom is -0.468 e. The van der Waals surface area contributed by atoms with Gasteiger partial charge in [-0.2, -0.15) is 0 Å². The first kappa shape index (κ1) is 15.6. The van der Waals surface area contributed by atoms with E-state index in [0.29, 0.717) is 18.8 Å². The summed E-state index contributed by atoms with van der Waals surface area (Å²) in [6.07, 6.45) is 11.1. The molecule has 0 saturated heterocycles. The molecule has 0 amide bonds. The summed E-state index contributed by atoms with van der Waals surface area (Å²) in [7, 11) is 0. The van der Waals surface area contributed by atoms with E-state index in [1.807, 2.05) is 6.07 Å². The van der Waals surface area contributed by atoms with Crippen molar-refractivity contribution in [2.24, 2.45) is 0 Å². The fourth-order valence-electron chi connectivity index (χ4n) is 2.35. The molecule has 1 aromatic heterocycles. The molecule has 1 atom stereocenters. The summed E-state index contributed by atoms with van der Waals surface area (Å²) in [6.45, 7) is 5.93. The van der Waals surface area contributed by atoms with Gasteiger partial charge < -0.3 is 14.5 Å². The molecule has 1 aliphatic rings. The van der Waals surface area contributed by atoms with E-state index in [9.17, 15) is 0 Å². The minimum absolute atomic E-state index is 0.339. The van der Waals surface area contributed by atoms with Crippen LogP contribution >= 0.6 is 0 Å². The molecular formula is C17H29NO2. The standard InChI is InChI=1S/C17H29NO2/c1-3-4-5-6-7-14(2)20-13-15-10-11-19-17(15)12-18-16-8-9-16/h10-11,14,16,18H,3-9,12-13H2,1-2H3. The highest BCUT2D eigenvalue weighted by atomic mass is 16.5. The lowest BCUT2D eigenvalue weighted by molar-refractivity contribution is 0.0450. The molecule has 2 rings (SSSR count). The molecule has 114 valence electrons. The Hall–Kier alpha value is -0.800. The lowest BCUT2D eigenvalue weighted by Crippen LogP contribution is -2.16. The quantitative estimate of drug-likeness (QED) is 0.609. The summed E-state index contributed by atoms with van der Waals surface area (Å²) in [6, 6.07) is 2.75. The molecule has 1 saturated carbocycles. The van der Waals surface area contributed by atoms with Gasteiger partial charge in [-0.05, 0) is 32.3 Å². The average molecular weight is 279 g/mol. The van der Waals surface area contributed by atoms with Crippen molar-refractivity contribution < 1.29 is 9.15 Å². The van der Waals surface area contributed by atoms with Gasteiger partial charge in [0.2, 0.25) is 0 Å². The summed E-state index contributed by atoms with van der Waals surface area (Å²) < 4.78 is 11.5. The molecule has 0 aliphatic heterocycles. The molecule has 0 spiro atoms. The average Bonchev–Trinajstić information content (AvgIpc) is 3.17. The molecule has 1 heterocycles. The van der Waals surface area contributed by atoms with E-state index < -0.39 is 0 Å². The second-order valence-electron chi connectivity index (χ2n) is 6.00. The Labute approximate surface area is 123 Å². The van der Waals surface area contributed by atoms with Crippen LogP contribution in [0.25, 0.3) is 0 Å². The fraction of sp³-hybridized carbons (Fsp3) is 0.765. The van der Waals surface area contributed by atoms with Gasteiger partial charge in [-0.3, -0.25) is 0 Å². The Balaban J connectivity index is 1.63. The third-order valence-electron chi connectivity index (χ3n) is 3.95. The monoisotopic (exact) mass is 279 g/mol. The Morgan fingerprint density at radius 3 is 2.95 bits per heavy atom. The number of hydrogen-bond donors (Lipinski definition) is 1. The van der Waals surface area contributed by atoms with Crippen LogP contribution in [0.3, 0.4) is 0 Å². The van der Waals surface area contributed by atoms with Gasteiger partial charge in [0.15, 0.2) is 0 Å². The Kier molecular flexibility index (Phi) is 6.61. The smallest absolute Gasteiger partial charge is 0.123 e. The highest BCUT2D eigenvalue weighted by molar-refractivity contribution is 5.16. The van der Waals surface area contributed by atoms with E-state index in [-0.39, 0.29) is 0 Å². The van der Waals surface area contributed by atoms with Gasteiger partial charge in [-0.25, -0.2) is 0 Å². The third kappa shape index (κ3) is 5.68. The first-order valence-corrected chi connectivity index (χ1v) is 8.19. The van der Waals surface area contributed by atoms with E-state index in [1.54, 1.807) is 6.26 Å². The van der Waals surface area contributed by atoms with Gasteiger partial charge in [-0.1, -0.05) is 32.6 Å². The number of unbranched alkanes of at least 4 members (excludes halogenated alkanes) is 3. The summed E-state index contributed by atoms with van der Waals surface area (Å²) in [5.41, 5.74) is 1.19. The summed E-state index contributed by atoms with van der Waals surface area (Å²) in [5.74, 6) is 1.04. The summed E-state index contributed by atoms with van der Waals surface area (Å²) >= 11 is 0. The summed E-state index contributed by atoms with van der Waals surface area (Å²) in [4.78, 5) is 0. The van der Waals surface area contributed by atoms with Crippen molar-refractivity contribution in [1.82, 2.24) is 5.32 Å². The molecule has 3 heteroatoms. The van der Waals surface area contributed by atoms with Crippen LogP contribution in [0.15, 0.2) is 16.7 Å². The zero-order valence-electron chi connectivity index (χ0n) is 13.0. The predicted octanol–water partition coefficient (Wildman–Crippen LogP) is 4.41. The van der Waals surface area contributed by atoms with Crippen LogP contribution in [-0.2, 0) is 17.9 Å². The fourth-order valence-corrected chi connectivity index (χ4v) is 2.35. The number of furan rings is 1. The topological polar surface area (TPSA) is 34.4 Å². The zero-order chi connectivity index (χ0) is 14.2. The second kappa shape index (κ2) is 8.48. The van der Waals surface area contributed by atoms with Crippen molar-refractivity contribution in [2.75, 3.05) is 0 Å². The zero-order valence-corrected chi connectivity index (χ0v) is 13.0. The van der Waals surface area contributed by atoms with E-state index in [1.165, 1.54) is 44.1 Å². The maximum absolute atomic E-state index is 5.94. The van der Waals surface area contributed by atoms with Crippen LogP contribution in [0.1, 0.15) is 70.1 Å². The third-order valence-corrected chi connectivity index (χ3v) is 3.95. The number of ether oxygens (including phenoxy) is 1. The van der Waals surface area contributed by atoms with E-state index in [4.69, 9.17) is 9.15 Å². The van der Waals surface area contributed by atoms with Crippen molar-refractivity contribution >= 4 is 0 Å². The lowest BCUT2D eigenvalue weighted by Gasteiger charge is -2.13. The normalized spacial score (nSPS) is 16.5. The van der Waals surface area contributed by atoms with E-state index in [0.717, 1.165) is 18.7 Å². The van der Waals surface area contributed by atoms with Gasteiger partial charge in [0.05, 0.1) is 25.5 Å². The van der Waals surface area contributed by atoms with E-state index >= 15 is 0 Å². The van der Waals surface area contributed by atoms with Crippen molar-refractivity contribution in [2.45, 2.75) is 84.1 Å². The van der Waals surface area contributed by atoms with Gasteiger partial charge in [-0.15, -0.1) is 0 Å². The molecule has 0 bridgehead atoms. The number of rotatable bonds is 11. The van der Waals surface area contributed by atoms with Crippen molar-refractivity contribution in [3.05, 3.63) is 23.7 Å². The molecule has 0 aromatic carbocycles. The molecule has 1 aromatic rings. The van der Waals surface area contributed by atoms with Gasteiger partial charge in [0, 0.05) is 11.6 Å². The number of hydrogen-bond acceptors (Lipinski definition) is 3. The van der Waals surface area contributed by atoms with Gasteiger partial charge >= 0.3 is 0 Å². The highest BCUT2D eigenvalue weighted by Crippen LogP contribution is 2.21. The molecule has 1 N–H and O–H groups in total. The highest BCUT2D eigenvalue weighted by Gasteiger charge is 2.21. The van der Waals surface area contributed by atoms with Crippen LogP contribution < -0.4 is 5.32 Å². The molecule has 3 nitrogen and oxygen atoms in total. The predicted molar refractivity (Wildman–Crippen MR) is 81.6 cm³/mol. The van der Waals surface area contributed by atoms with Crippen molar-refractivity contribution in [3.8, 4) is 0 Å². The largest absolute Gasteiger partial charge is 0.468 e. The van der Waals surface area contributed by atoms with Crippen LogP contribution in [-0.4, -0.2) is 12.1 Å². The summed E-state index contributed by atoms with van der Waals surface area (Å²) in [5, 5.41) is 3.49. The van der Waals surface area contributed by atoms with Crippen LogP contribution in [0.5, 0.6) is 0 Å². The Morgan fingerprint density at radius 2 is 2.20 bits per heavy atom. The Morgan fingerprint density at radius 1 is 1.35 bits per heavy atom. The van der Waals surface area contributed by atoms with Crippen molar-refractivity contribution in [1.29, 1.82) is 0 Å². The maximum Gasteiger partial charge on any atom is 0.123 e. The first-order valence-electron chi connectivity index (χ1n) is 8.19. The molecular weight excluding hydrogens is 250 g/mol. The molecule has 1 unspecified atom stereocenters. The van der Waals surface area contributed by atoms with Gasteiger partial charge in [0.1, 0.15) is 5.76 Å². The number of nitrogens with one attached hydrogen (secondary N) is 1. The molecule has 1 fully saturated rings. The first-order chi connectivity index (χ1) is 9.79. The second-order valence-corrected chi connectivity index (χ2v) is 6.00. The van der Waals surface area contributed by atoms with E-state index in [2.05, 4.69) is 19.2 Å². The minimum atomic E-state index is 0.339. The molecule has 0 radical (unpaired) electrons. The van der Waals surface area contributed by atoms with Gasteiger partial charge in [0.25, 0.3) is 0 Å². The Bertz CT molecular complexity index is 371. The lowest BCUT2D eigenvalue weighted by atomic mass is 10.1. The molecule has 20 heavy (non-hydrogen) atoms. The van der Waals surface area contributed by atoms with Crippen LogP contribution in [0, 0.1) is 0 Å². The maximum atomic E-state index is 5.94. The van der Waals surface area contributed by atoms with Crippen LogP contribution in [0.4, 0.5) is 0 Å². The van der Waals surface area contributed by atoms with Crippen molar-refractivity contribution in [3.63, 3.8) is 0 Å². The molecule has 1 aliphatic carbocycles. The van der Waals surface area contributed by atoms with Crippen LogP contribution in [0.2, 0.25) is 0 Å².